The molecule has 1 heterocycles. The highest BCUT2D eigenvalue weighted by atomic mass is 16.5. The Bertz CT molecular complexity index is 936. The van der Waals surface area contributed by atoms with E-state index in [4.69, 9.17) is 11.3 Å². The fourth-order valence-corrected chi connectivity index (χ4v) is 3.29. The van der Waals surface area contributed by atoms with Crippen LogP contribution in [0.25, 0.3) is 10.4 Å². The molecule has 0 amide bonds. The number of ether oxygens (including phenoxy) is 1. The van der Waals surface area contributed by atoms with Crippen LogP contribution >= 0.6 is 0 Å². The third-order valence-corrected chi connectivity index (χ3v) is 4.70. The third kappa shape index (κ3) is 2.76. The normalized spacial score (nSPS) is 13.4. The number of benzene rings is 1. The average molecular weight is 334 g/mol. The van der Waals surface area contributed by atoms with Crippen molar-refractivity contribution in [2.24, 2.45) is 0 Å². The van der Waals surface area contributed by atoms with E-state index in [2.05, 4.69) is 9.83 Å². The molecule has 5 nitrogen and oxygen atoms in total. The molecule has 0 saturated carbocycles. The number of carboxylic acid groups (broad SMARTS) is 1. The quantitative estimate of drug-likeness (QED) is 0.858. The minimum absolute atomic E-state index is 0.307. The van der Waals surface area contributed by atoms with Gasteiger partial charge in [-0.15, -0.1) is 0 Å². The number of fused-ring (bicyclic) bond motifs is 1. The summed E-state index contributed by atoms with van der Waals surface area (Å²) in [5.74, 6) is -0.464. The molecule has 0 atom stereocenters. The van der Waals surface area contributed by atoms with Crippen LogP contribution in [-0.4, -0.2) is 23.2 Å². The molecular formula is C20H18N2O3. The summed E-state index contributed by atoms with van der Waals surface area (Å²) >= 11 is 0. The van der Waals surface area contributed by atoms with Gasteiger partial charge in [-0.1, -0.05) is 38.1 Å². The van der Waals surface area contributed by atoms with Gasteiger partial charge < -0.3 is 9.84 Å². The number of pyridine rings is 1. The topological polar surface area (TPSA) is 63.8 Å². The lowest BCUT2D eigenvalue weighted by atomic mass is 9.78. The minimum Gasteiger partial charge on any atom is -0.481 e. The molecule has 0 spiro atoms. The highest BCUT2D eigenvalue weighted by Gasteiger charge is 2.37. The lowest BCUT2D eigenvalue weighted by Crippen LogP contribution is -2.24. The van der Waals surface area contributed by atoms with Crippen molar-refractivity contribution in [1.29, 1.82) is 0 Å². The van der Waals surface area contributed by atoms with Gasteiger partial charge in [0.1, 0.15) is 0 Å². The van der Waals surface area contributed by atoms with Gasteiger partial charge in [0.2, 0.25) is 5.88 Å². The van der Waals surface area contributed by atoms with Crippen LogP contribution in [0.4, 0.5) is 5.69 Å². The number of carbonyl (C=O) groups is 1. The van der Waals surface area contributed by atoms with Gasteiger partial charge in [0.05, 0.1) is 24.9 Å². The van der Waals surface area contributed by atoms with E-state index in [0.29, 0.717) is 29.1 Å². The molecule has 0 unspecified atom stereocenters. The van der Waals surface area contributed by atoms with Gasteiger partial charge in [0, 0.05) is 11.5 Å². The van der Waals surface area contributed by atoms with Crippen molar-refractivity contribution in [3.63, 3.8) is 0 Å². The van der Waals surface area contributed by atoms with Crippen LogP contribution in [0.3, 0.4) is 0 Å². The van der Waals surface area contributed by atoms with Crippen molar-refractivity contribution >= 4 is 17.2 Å². The summed E-state index contributed by atoms with van der Waals surface area (Å²) in [6.07, 6.45) is 0.492. The second kappa shape index (κ2) is 6.06. The van der Waals surface area contributed by atoms with Gasteiger partial charge in [-0.25, -0.2) is 14.6 Å². The maximum atomic E-state index is 12.0. The molecule has 0 bridgehead atoms. The first-order valence-corrected chi connectivity index (χ1v) is 7.87. The number of hydrogen-bond donors (Lipinski definition) is 1. The zero-order chi connectivity index (χ0) is 18.2. The number of carboxylic acids is 1. The standard InChI is InChI=1S/C20H18N2O3/c1-20(2,16-6-5-7-17(22-16)25-4)15-11-12-10-13(21-3)8-9-14(12)18(15)19(23)24/h5-10H,11H2,1-2,4H3,(H,23,24). The van der Waals surface area contributed by atoms with Crippen LogP contribution in [0.2, 0.25) is 0 Å². The minimum atomic E-state index is -0.958. The van der Waals surface area contributed by atoms with Crippen molar-refractivity contribution in [3.8, 4) is 5.88 Å². The Morgan fingerprint density at radius 1 is 1.32 bits per heavy atom. The molecule has 2 aromatic rings. The lowest BCUT2D eigenvalue weighted by molar-refractivity contribution is -0.130. The summed E-state index contributed by atoms with van der Waals surface area (Å²) in [4.78, 5) is 19.9. The Morgan fingerprint density at radius 2 is 2.08 bits per heavy atom. The smallest absolute Gasteiger partial charge is 0.336 e. The maximum Gasteiger partial charge on any atom is 0.336 e. The van der Waals surface area contributed by atoms with E-state index in [1.54, 1.807) is 31.4 Å². The lowest BCUT2D eigenvalue weighted by Gasteiger charge is -2.27. The monoisotopic (exact) mass is 334 g/mol. The van der Waals surface area contributed by atoms with Gasteiger partial charge in [0.15, 0.2) is 5.69 Å². The van der Waals surface area contributed by atoms with Crippen LogP contribution in [0.5, 0.6) is 5.88 Å². The number of aromatic nitrogens is 1. The maximum absolute atomic E-state index is 12.0. The Labute approximate surface area is 146 Å². The Hall–Kier alpha value is -3.13. The third-order valence-electron chi connectivity index (χ3n) is 4.70. The average Bonchev–Trinajstić information content (AvgIpc) is 3.01. The van der Waals surface area contributed by atoms with Crippen molar-refractivity contribution < 1.29 is 14.6 Å². The fourth-order valence-electron chi connectivity index (χ4n) is 3.29. The number of allylic oxidation sites excluding steroid dienone is 1. The predicted molar refractivity (Wildman–Crippen MR) is 94.8 cm³/mol. The van der Waals surface area contributed by atoms with Gasteiger partial charge in [-0.2, -0.15) is 0 Å². The largest absolute Gasteiger partial charge is 0.481 e. The number of rotatable bonds is 4. The van der Waals surface area contributed by atoms with E-state index >= 15 is 0 Å². The molecule has 0 aliphatic heterocycles. The van der Waals surface area contributed by atoms with Crippen molar-refractivity contribution in [2.75, 3.05) is 7.11 Å². The summed E-state index contributed by atoms with van der Waals surface area (Å²) in [5, 5.41) is 9.80. The first-order chi connectivity index (χ1) is 11.9. The first kappa shape index (κ1) is 16.7. The van der Waals surface area contributed by atoms with Crippen LogP contribution < -0.4 is 4.74 Å². The van der Waals surface area contributed by atoms with Crippen molar-refractivity contribution in [3.05, 3.63) is 70.2 Å². The van der Waals surface area contributed by atoms with Crippen LogP contribution in [-0.2, 0) is 16.6 Å². The van der Waals surface area contributed by atoms with Gasteiger partial charge in [0.25, 0.3) is 0 Å². The summed E-state index contributed by atoms with van der Waals surface area (Å²) in [6, 6.07) is 10.7. The molecular weight excluding hydrogens is 316 g/mol. The van der Waals surface area contributed by atoms with Gasteiger partial charge in [-0.05, 0) is 29.2 Å². The van der Waals surface area contributed by atoms with Gasteiger partial charge in [-0.3, -0.25) is 0 Å². The molecule has 0 radical (unpaired) electrons. The molecule has 3 rings (SSSR count). The Morgan fingerprint density at radius 3 is 2.72 bits per heavy atom. The van der Waals surface area contributed by atoms with E-state index in [1.165, 1.54) is 0 Å². The molecule has 126 valence electrons. The fraction of sp³-hybridized carbons (Fsp3) is 0.250. The molecule has 0 saturated heterocycles. The van der Waals surface area contributed by atoms with Crippen LogP contribution in [0.1, 0.15) is 30.7 Å². The zero-order valence-electron chi connectivity index (χ0n) is 14.3. The molecule has 25 heavy (non-hydrogen) atoms. The number of hydrogen-bond acceptors (Lipinski definition) is 3. The van der Waals surface area contributed by atoms with Gasteiger partial charge >= 0.3 is 5.97 Å². The second-order valence-electron chi connectivity index (χ2n) is 6.48. The van der Waals surface area contributed by atoms with E-state index in [9.17, 15) is 9.90 Å². The van der Waals surface area contributed by atoms with Crippen LogP contribution in [0, 0.1) is 6.57 Å². The van der Waals surface area contributed by atoms with E-state index in [0.717, 1.165) is 16.8 Å². The van der Waals surface area contributed by atoms with E-state index in [-0.39, 0.29) is 0 Å². The van der Waals surface area contributed by atoms with Crippen molar-refractivity contribution in [1.82, 2.24) is 4.98 Å². The summed E-state index contributed by atoms with van der Waals surface area (Å²) in [7, 11) is 1.55. The molecule has 1 aliphatic rings. The Balaban J connectivity index is 2.15. The number of aliphatic carboxylic acids is 1. The van der Waals surface area contributed by atoms with E-state index in [1.807, 2.05) is 26.0 Å². The predicted octanol–water partition coefficient (Wildman–Crippen LogP) is 4.01. The molecule has 1 N–H and O–H groups in total. The Kier molecular flexibility index (Phi) is 4.05. The van der Waals surface area contributed by atoms with Crippen molar-refractivity contribution in [2.45, 2.75) is 25.7 Å². The highest BCUT2D eigenvalue weighted by Crippen LogP contribution is 2.44. The number of nitrogens with zero attached hydrogens (tertiary/aromatic N) is 2. The molecule has 1 aliphatic carbocycles. The molecule has 1 aromatic carbocycles. The first-order valence-electron chi connectivity index (χ1n) is 7.87. The number of methoxy groups -OCH3 is 1. The summed E-state index contributed by atoms with van der Waals surface area (Å²) in [5.41, 5.74) is 3.34. The van der Waals surface area contributed by atoms with Crippen LogP contribution in [0.15, 0.2) is 42.0 Å². The molecule has 0 fully saturated rings. The SMILES string of the molecule is [C-]#[N+]c1ccc2c(c1)CC(C(C)(C)c1cccc(OC)n1)=C2C(=O)O. The zero-order valence-corrected chi connectivity index (χ0v) is 14.3. The molecule has 5 heteroatoms. The second-order valence-corrected chi connectivity index (χ2v) is 6.48. The summed E-state index contributed by atoms with van der Waals surface area (Å²) < 4.78 is 5.20. The van der Waals surface area contributed by atoms with E-state index < -0.39 is 11.4 Å². The highest BCUT2D eigenvalue weighted by molar-refractivity contribution is 6.18. The summed E-state index contributed by atoms with van der Waals surface area (Å²) in [6.45, 7) is 11.1. The molecule has 1 aromatic heterocycles.